The fourth-order valence-corrected chi connectivity index (χ4v) is 2.53. The summed E-state index contributed by atoms with van der Waals surface area (Å²) < 4.78 is 30.6. The molecule has 1 N–H and O–H groups in total. The van der Waals surface area contributed by atoms with Crippen molar-refractivity contribution in [2.24, 2.45) is 0 Å². The van der Waals surface area contributed by atoms with E-state index in [1.54, 1.807) is 12.1 Å². The minimum Gasteiger partial charge on any atom is -0.463 e. The van der Waals surface area contributed by atoms with E-state index in [2.05, 4.69) is 21.2 Å². The highest BCUT2D eigenvalue weighted by Gasteiger charge is 2.08. The molecule has 0 aliphatic rings. The van der Waals surface area contributed by atoms with E-state index in [1.807, 2.05) is 25.1 Å². The van der Waals surface area contributed by atoms with Crippen LogP contribution in [0.3, 0.4) is 0 Å². The van der Waals surface area contributed by atoms with Gasteiger partial charge in [0, 0.05) is 10.2 Å². The summed E-state index contributed by atoms with van der Waals surface area (Å²) >= 11 is 4.03. The van der Waals surface area contributed by atoms with Gasteiger partial charge in [-0.05, 0) is 52.7 Å². The van der Waals surface area contributed by atoms with Gasteiger partial charge in [-0.15, -0.1) is 0 Å². The third-order valence-electron chi connectivity index (χ3n) is 2.64. The first kappa shape index (κ1) is 15.4. The maximum atomic E-state index is 12.1. The van der Waals surface area contributed by atoms with Crippen LogP contribution in [0.15, 0.2) is 39.2 Å². The van der Waals surface area contributed by atoms with E-state index in [0.29, 0.717) is 24.1 Å². The van der Waals surface area contributed by atoms with Gasteiger partial charge in [-0.2, -0.15) is 8.78 Å². The Bertz CT molecular complexity index is 574. The molecular formula is C14H14BrF2NOS. The maximum absolute atomic E-state index is 12.1. The molecule has 2 rings (SSSR count). The molecule has 108 valence electrons. The molecule has 0 bridgehead atoms. The number of hydrogen-bond acceptors (Lipinski definition) is 3. The minimum atomic E-state index is -2.37. The van der Waals surface area contributed by atoms with Crippen molar-refractivity contribution in [1.29, 1.82) is 0 Å². The van der Waals surface area contributed by atoms with Crippen molar-refractivity contribution >= 4 is 33.4 Å². The third-order valence-corrected chi connectivity index (χ3v) is 4.04. The summed E-state index contributed by atoms with van der Waals surface area (Å²) in [6, 6.07) is 9.56. The summed E-state index contributed by atoms with van der Waals surface area (Å²) in [6.07, 6.45) is 0. The number of thioether (sulfide) groups is 1. The van der Waals surface area contributed by atoms with Crippen LogP contribution in [0.25, 0.3) is 0 Å². The van der Waals surface area contributed by atoms with E-state index in [1.165, 1.54) is 0 Å². The summed E-state index contributed by atoms with van der Waals surface area (Å²) in [6.45, 7) is 2.53. The summed E-state index contributed by atoms with van der Waals surface area (Å²) in [5, 5.41) is 3.25. The normalized spacial score (nSPS) is 11.1. The molecule has 2 aromatic rings. The largest absolute Gasteiger partial charge is 0.463 e. The van der Waals surface area contributed by atoms with E-state index < -0.39 is 5.76 Å². The molecule has 0 spiro atoms. The van der Waals surface area contributed by atoms with Gasteiger partial charge in [-0.1, -0.05) is 17.8 Å². The lowest BCUT2D eigenvalue weighted by molar-refractivity contribution is 0.251. The predicted molar refractivity (Wildman–Crippen MR) is 82.2 cm³/mol. The zero-order valence-corrected chi connectivity index (χ0v) is 13.2. The number of rotatable bonds is 6. The zero-order valence-electron chi connectivity index (χ0n) is 10.8. The standard InChI is InChI=1S/C14H14BrF2NOS/c1-9-2-5-12(15)13(6-9)18-7-10-3-4-11(19-10)8-20-14(16)17/h2-6,14,18H,7-8H2,1H3. The Morgan fingerprint density at radius 2 is 2.00 bits per heavy atom. The van der Waals surface area contributed by atoms with E-state index in [0.717, 1.165) is 21.5 Å². The van der Waals surface area contributed by atoms with Crippen molar-refractivity contribution in [3.63, 3.8) is 0 Å². The Morgan fingerprint density at radius 1 is 1.25 bits per heavy atom. The Kier molecular flexibility index (Phi) is 5.48. The minimum absolute atomic E-state index is 0.186. The average Bonchev–Trinajstić information content (AvgIpc) is 2.85. The molecule has 1 aromatic carbocycles. The molecule has 0 saturated heterocycles. The molecule has 0 saturated carbocycles. The van der Waals surface area contributed by atoms with Crippen LogP contribution >= 0.6 is 27.7 Å². The number of aryl methyl sites for hydroxylation is 1. The van der Waals surface area contributed by atoms with E-state index in [4.69, 9.17) is 4.42 Å². The highest BCUT2D eigenvalue weighted by molar-refractivity contribution is 9.10. The molecule has 2 nitrogen and oxygen atoms in total. The molecule has 0 aliphatic carbocycles. The number of nitrogens with one attached hydrogen (secondary N) is 1. The van der Waals surface area contributed by atoms with Crippen molar-refractivity contribution in [1.82, 2.24) is 0 Å². The first-order valence-electron chi connectivity index (χ1n) is 6.02. The number of hydrogen-bond donors (Lipinski definition) is 1. The second-order valence-corrected chi connectivity index (χ2v) is 6.11. The molecular weight excluding hydrogens is 348 g/mol. The summed E-state index contributed by atoms with van der Waals surface area (Å²) in [5.41, 5.74) is 2.13. The lowest BCUT2D eigenvalue weighted by Crippen LogP contribution is -1.99. The molecule has 6 heteroatoms. The second kappa shape index (κ2) is 7.13. The Hall–Kier alpha value is -1.01. The van der Waals surface area contributed by atoms with Gasteiger partial charge < -0.3 is 9.73 Å². The van der Waals surface area contributed by atoms with Crippen molar-refractivity contribution < 1.29 is 13.2 Å². The first-order chi connectivity index (χ1) is 9.54. The Morgan fingerprint density at radius 3 is 2.75 bits per heavy atom. The van der Waals surface area contributed by atoms with Gasteiger partial charge in [0.15, 0.2) is 0 Å². The molecule has 0 fully saturated rings. The van der Waals surface area contributed by atoms with Crippen molar-refractivity contribution in [2.45, 2.75) is 25.0 Å². The Labute approximate surface area is 129 Å². The lowest BCUT2D eigenvalue weighted by atomic mass is 10.2. The van der Waals surface area contributed by atoms with Crippen LogP contribution in [0.1, 0.15) is 17.1 Å². The van der Waals surface area contributed by atoms with Gasteiger partial charge in [-0.25, -0.2) is 0 Å². The first-order valence-corrected chi connectivity index (χ1v) is 7.86. The van der Waals surface area contributed by atoms with Crippen molar-refractivity contribution in [3.8, 4) is 0 Å². The molecule has 1 aromatic heterocycles. The fourth-order valence-electron chi connectivity index (χ4n) is 1.70. The van der Waals surface area contributed by atoms with Gasteiger partial charge in [0.25, 0.3) is 5.76 Å². The van der Waals surface area contributed by atoms with Crippen LogP contribution in [0.4, 0.5) is 14.5 Å². The van der Waals surface area contributed by atoms with Crippen LogP contribution in [0.2, 0.25) is 0 Å². The molecule has 0 aliphatic heterocycles. The van der Waals surface area contributed by atoms with Crippen molar-refractivity contribution in [3.05, 3.63) is 51.9 Å². The zero-order chi connectivity index (χ0) is 14.5. The SMILES string of the molecule is Cc1ccc(Br)c(NCc2ccc(CSC(F)F)o2)c1. The van der Waals surface area contributed by atoms with Gasteiger partial charge in [0.2, 0.25) is 0 Å². The second-order valence-electron chi connectivity index (χ2n) is 4.28. The summed E-state index contributed by atoms with van der Waals surface area (Å²) in [7, 11) is 0. The van der Waals surface area contributed by atoms with E-state index in [-0.39, 0.29) is 5.75 Å². The quantitative estimate of drug-likeness (QED) is 0.743. The monoisotopic (exact) mass is 361 g/mol. The molecule has 0 atom stereocenters. The maximum Gasteiger partial charge on any atom is 0.284 e. The number of anilines is 1. The number of alkyl halides is 2. The number of furan rings is 1. The summed E-state index contributed by atoms with van der Waals surface area (Å²) in [5.74, 6) is -0.894. The predicted octanol–water partition coefficient (Wildman–Crippen LogP) is 5.42. The smallest absolute Gasteiger partial charge is 0.284 e. The van der Waals surface area contributed by atoms with Gasteiger partial charge in [-0.3, -0.25) is 0 Å². The van der Waals surface area contributed by atoms with Crippen LogP contribution < -0.4 is 5.32 Å². The van der Waals surface area contributed by atoms with Gasteiger partial charge >= 0.3 is 0 Å². The number of benzene rings is 1. The third kappa shape index (κ3) is 4.52. The molecule has 0 unspecified atom stereocenters. The van der Waals surface area contributed by atoms with Crippen molar-refractivity contribution in [2.75, 3.05) is 5.32 Å². The average molecular weight is 362 g/mol. The molecule has 20 heavy (non-hydrogen) atoms. The van der Waals surface area contributed by atoms with Crippen LogP contribution in [-0.4, -0.2) is 5.76 Å². The van der Waals surface area contributed by atoms with Crippen LogP contribution in [0.5, 0.6) is 0 Å². The fraction of sp³-hybridized carbons (Fsp3) is 0.286. The topological polar surface area (TPSA) is 25.2 Å². The van der Waals surface area contributed by atoms with E-state index >= 15 is 0 Å². The lowest BCUT2D eigenvalue weighted by Gasteiger charge is -2.08. The summed E-state index contributed by atoms with van der Waals surface area (Å²) in [4.78, 5) is 0. The van der Waals surface area contributed by atoms with Gasteiger partial charge in [0.1, 0.15) is 11.5 Å². The van der Waals surface area contributed by atoms with Crippen LogP contribution in [0, 0.1) is 6.92 Å². The molecule has 1 heterocycles. The highest BCUT2D eigenvalue weighted by atomic mass is 79.9. The van der Waals surface area contributed by atoms with Gasteiger partial charge in [0.05, 0.1) is 12.3 Å². The van der Waals surface area contributed by atoms with Crippen LogP contribution in [-0.2, 0) is 12.3 Å². The molecule has 0 radical (unpaired) electrons. The Balaban J connectivity index is 1.92. The van der Waals surface area contributed by atoms with E-state index in [9.17, 15) is 8.78 Å². The highest BCUT2D eigenvalue weighted by Crippen LogP contribution is 2.25. The number of halogens is 3. The molecule has 0 amide bonds.